The second-order valence-electron chi connectivity index (χ2n) is 6.12. The van der Waals surface area contributed by atoms with Crippen LogP contribution < -0.4 is 10.2 Å². The molecule has 0 aliphatic carbocycles. The fourth-order valence-electron chi connectivity index (χ4n) is 3.34. The van der Waals surface area contributed by atoms with E-state index in [-0.39, 0.29) is 5.91 Å². The molecular formula is C17H19Cl3N3O+. The largest absolute Gasteiger partial charge is 0.350 e. The summed E-state index contributed by atoms with van der Waals surface area (Å²) in [5, 5.41) is 3.96. The van der Waals surface area contributed by atoms with Crippen LogP contribution in [0.4, 0.5) is 5.69 Å². The van der Waals surface area contributed by atoms with Crippen molar-refractivity contribution in [3.63, 3.8) is 0 Å². The van der Waals surface area contributed by atoms with Crippen molar-refractivity contribution in [1.82, 2.24) is 4.57 Å². The van der Waals surface area contributed by atoms with Gasteiger partial charge in [0.2, 0.25) is 0 Å². The molecule has 7 heteroatoms. The highest BCUT2D eigenvalue weighted by molar-refractivity contribution is 6.44. The van der Waals surface area contributed by atoms with E-state index < -0.39 is 0 Å². The minimum absolute atomic E-state index is 0.0774. The Balaban J connectivity index is 1.68. The topological polar surface area (TPSA) is 38.5 Å². The molecule has 1 aliphatic heterocycles. The average molecular weight is 388 g/mol. The van der Waals surface area contributed by atoms with E-state index in [1.54, 1.807) is 6.07 Å². The molecule has 0 spiro atoms. The molecule has 2 atom stereocenters. The first-order valence-electron chi connectivity index (χ1n) is 7.86. The molecule has 128 valence electrons. The Hall–Kier alpha value is -1.20. The van der Waals surface area contributed by atoms with Crippen LogP contribution in [0.25, 0.3) is 0 Å². The summed E-state index contributed by atoms with van der Waals surface area (Å²) in [6, 6.07) is 7.64. The third-order valence-corrected chi connectivity index (χ3v) is 5.53. The van der Waals surface area contributed by atoms with Crippen LogP contribution in [0.5, 0.6) is 0 Å². The molecule has 24 heavy (non-hydrogen) atoms. The number of halogens is 3. The molecule has 2 heterocycles. The first kappa shape index (κ1) is 17.6. The Morgan fingerprint density at radius 1 is 1.29 bits per heavy atom. The van der Waals surface area contributed by atoms with E-state index in [1.165, 1.54) is 16.7 Å². The van der Waals surface area contributed by atoms with Gasteiger partial charge in [-0.15, -0.1) is 0 Å². The van der Waals surface area contributed by atoms with Gasteiger partial charge in [-0.2, -0.15) is 0 Å². The Kier molecular flexibility index (Phi) is 5.40. The monoisotopic (exact) mass is 386 g/mol. The van der Waals surface area contributed by atoms with E-state index >= 15 is 0 Å². The zero-order valence-corrected chi connectivity index (χ0v) is 15.5. The zero-order chi connectivity index (χ0) is 17.3. The fourth-order valence-corrected chi connectivity index (χ4v) is 3.93. The van der Waals surface area contributed by atoms with Crippen molar-refractivity contribution >= 4 is 46.4 Å². The molecule has 1 amide bonds. The summed E-state index contributed by atoms with van der Waals surface area (Å²) < 4.78 is 2.13. The molecule has 0 saturated carbocycles. The van der Waals surface area contributed by atoms with Crippen molar-refractivity contribution < 1.29 is 9.69 Å². The van der Waals surface area contributed by atoms with Crippen LogP contribution in [0.3, 0.4) is 0 Å². The number of nitrogens with one attached hydrogen (secondary N) is 2. The van der Waals surface area contributed by atoms with Crippen LogP contribution >= 0.6 is 34.8 Å². The first-order valence-corrected chi connectivity index (χ1v) is 8.99. The lowest BCUT2D eigenvalue weighted by molar-refractivity contribution is -0.910. The molecule has 2 N–H and O–H groups in total. The lowest BCUT2D eigenvalue weighted by Gasteiger charge is -2.22. The number of aryl methyl sites for hydroxylation is 1. The summed E-state index contributed by atoms with van der Waals surface area (Å²) in [4.78, 5) is 13.7. The van der Waals surface area contributed by atoms with Gasteiger partial charge < -0.3 is 14.8 Å². The van der Waals surface area contributed by atoms with Gasteiger partial charge in [-0.25, -0.2) is 0 Å². The lowest BCUT2D eigenvalue weighted by atomic mass is 10.1. The van der Waals surface area contributed by atoms with Crippen molar-refractivity contribution in [2.75, 3.05) is 18.4 Å². The van der Waals surface area contributed by atoms with Gasteiger partial charge in [0.05, 0.1) is 33.0 Å². The maximum absolute atomic E-state index is 12.4. The summed E-state index contributed by atoms with van der Waals surface area (Å²) in [6.07, 6.45) is 4.25. The Labute approximate surface area is 156 Å². The molecule has 2 aromatic rings. The van der Waals surface area contributed by atoms with Crippen molar-refractivity contribution in [2.45, 2.75) is 18.9 Å². The van der Waals surface area contributed by atoms with Gasteiger partial charge in [0.15, 0.2) is 6.54 Å². The SMILES string of the molecule is Cn1cccc1[C@H]1CCC[NH+]1CC(=O)Nc1cc(Cl)c(Cl)cc1Cl. The minimum atomic E-state index is -0.0774. The molecule has 1 saturated heterocycles. The predicted octanol–water partition coefficient (Wildman–Crippen LogP) is 3.34. The molecule has 0 bridgehead atoms. The molecule has 1 fully saturated rings. The molecule has 4 nitrogen and oxygen atoms in total. The molecule has 1 aliphatic rings. The molecule has 1 unspecified atom stereocenters. The van der Waals surface area contributed by atoms with Crippen molar-refractivity contribution in [1.29, 1.82) is 0 Å². The van der Waals surface area contributed by atoms with Crippen LogP contribution in [0.15, 0.2) is 30.5 Å². The number of aromatic nitrogens is 1. The van der Waals surface area contributed by atoms with Crippen LogP contribution in [-0.4, -0.2) is 23.6 Å². The molecule has 0 radical (unpaired) electrons. The normalized spacial score (nSPS) is 20.3. The molecule has 3 rings (SSSR count). The van der Waals surface area contributed by atoms with Crippen LogP contribution in [-0.2, 0) is 11.8 Å². The number of anilines is 1. The number of hydrogen-bond donors (Lipinski definition) is 2. The first-order chi connectivity index (χ1) is 11.5. The van der Waals surface area contributed by atoms with Gasteiger partial charge in [0.1, 0.15) is 6.04 Å². The van der Waals surface area contributed by atoms with Gasteiger partial charge in [-0.3, -0.25) is 4.79 Å². The minimum Gasteiger partial charge on any atom is -0.350 e. The number of quaternary nitrogens is 1. The third-order valence-electron chi connectivity index (χ3n) is 4.50. The summed E-state index contributed by atoms with van der Waals surface area (Å²) in [5.41, 5.74) is 1.76. The summed E-state index contributed by atoms with van der Waals surface area (Å²) in [7, 11) is 2.04. The second kappa shape index (κ2) is 7.36. The van der Waals surface area contributed by atoms with Gasteiger partial charge in [0, 0.05) is 26.1 Å². The number of carbonyl (C=O) groups excluding carboxylic acids is 1. The average Bonchev–Trinajstić information content (AvgIpc) is 3.13. The van der Waals surface area contributed by atoms with Crippen molar-refractivity contribution in [3.8, 4) is 0 Å². The second-order valence-corrected chi connectivity index (χ2v) is 7.34. The highest BCUT2D eigenvalue weighted by Crippen LogP contribution is 2.32. The van der Waals surface area contributed by atoms with Crippen LogP contribution in [0.2, 0.25) is 15.1 Å². The fraction of sp³-hybridized carbons (Fsp3) is 0.353. The summed E-state index contributed by atoms with van der Waals surface area (Å²) in [6.45, 7) is 1.38. The number of carbonyl (C=O) groups is 1. The van der Waals surface area contributed by atoms with Crippen molar-refractivity contribution in [3.05, 3.63) is 51.2 Å². The van der Waals surface area contributed by atoms with Crippen molar-refractivity contribution in [2.24, 2.45) is 7.05 Å². The van der Waals surface area contributed by atoms with E-state index in [2.05, 4.69) is 16.0 Å². The Bertz CT molecular complexity index is 760. The van der Waals surface area contributed by atoms with Gasteiger partial charge in [0.25, 0.3) is 5.91 Å². The maximum Gasteiger partial charge on any atom is 0.279 e. The number of hydrogen-bond acceptors (Lipinski definition) is 1. The quantitative estimate of drug-likeness (QED) is 0.776. The van der Waals surface area contributed by atoms with Crippen LogP contribution in [0, 0.1) is 0 Å². The van der Waals surface area contributed by atoms with E-state index in [0.717, 1.165) is 19.4 Å². The number of likely N-dealkylation sites (tertiary alicyclic amines) is 1. The highest BCUT2D eigenvalue weighted by atomic mass is 35.5. The smallest absolute Gasteiger partial charge is 0.279 e. The van der Waals surface area contributed by atoms with Gasteiger partial charge in [-0.05, 0) is 24.3 Å². The number of amides is 1. The Morgan fingerprint density at radius 3 is 2.75 bits per heavy atom. The van der Waals surface area contributed by atoms with E-state index in [1.807, 2.05) is 19.3 Å². The summed E-state index contributed by atoms with van der Waals surface area (Å²) in [5.74, 6) is -0.0774. The van der Waals surface area contributed by atoms with E-state index in [4.69, 9.17) is 34.8 Å². The third kappa shape index (κ3) is 3.72. The lowest BCUT2D eigenvalue weighted by Crippen LogP contribution is -3.11. The number of benzene rings is 1. The van der Waals surface area contributed by atoms with E-state index in [9.17, 15) is 4.79 Å². The summed E-state index contributed by atoms with van der Waals surface area (Å²) >= 11 is 18.0. The maximum atomic E-state index is 12.4. The van der Waals surface area contributed by atoms with Gasteiger partial charge in [-0.1, -0.05) is 34.8 Å². The molecular weight excluding hydrogens is 369 g/mol. The molecule has 1 aromatic heterocycles. The molecule has 1 aromatic carbocycles. The van der Waals surface area contributed by atoms with Crippen LogP contribution in [0.1, 0.15) is 24.6 Å². The predicted molar refractivity (Wildman–Crippen MR) is 98.2 cm³/mol. The highest BCUT2D eigenvalue weighted by Gasteiger charge is 2.33. The Morgan fingerprint density at radius 2 is 2.04 bits per heavy atom. The van der Waals surface area contributed by atoms with E-state index in [0.29, 0.717) is 33.3 Å². The number of rotatable bonds is 4. The standard InChI is InChI=1S/C17H18Cl3N3O/c1-22-6-2-4-15(22)16-5-3-7-23(16)10-17(24)21-14-9-12(19)11(18)8-13(14)20/h2,4,6,8-9,16H,3,5,7,10H2,1H3,(H,21,24)/p+1/t16-/m1/s1. The zero-order valence-electron chi connectivity index (χ0n) is 13.3. The van der Waals surface area contributed by atoms with Gasteiger partial charge >= 0.3 is 0 Å². The number of nitrogens with zero attached hydrogens (tertiary/aromatic N) is 1.